The number of hydrogen-bond donors (Lipinski definition) is 2. The predicted octanol–water partition coefficient (Wildman–Crippen LogP) is 5.48. The first-order valence-electron chi connectivity index (χ1n) is 9.78. The number of aryl methyl sites for hydroxylation is 2. The van der Waals surface area contributed by atoms with Crippen LogP contribution in [-0.2, 0) is 10.0 Å². The van der Waals surface area contributed by atoms with Crippen molar-refractivity contribution in [3.05, 3.63) is 89.0 Å². The van der Waals surface area contributed by atoms with Crippen molar-refractivity contribution in [2.75, 3.05) is 10.0 Å². The minimum atomic E-state index is -3.77. The van der Waals surface area contributed by atoms with Crippen molar-refractivity contribution in [1.82, 2.24) is 0 Å². The molecule has 5 nitrogen and oxygen atoms in total. The largest absolute Gasteiger partial charge is 0.322 e. The van der Waals surface area contributed by atoms with Crippen LogP contribution in [0, 0.1) is 13.8 Å². The summed E-state index contributed by atoms with van der Waals surface area (Å²) in [5.74, 6) is -0.0613. The molecule has 0 aromatic heterocycles. The van der Waals surface area contributed by atoms with Crippen molar-refractivity contribution in [3.63, 3.8) is 0 Å². The quantitative estimate of drug-likeness (QED) is 0.552. The summed E-state index contributed by atoms with van der Waals surface area (Å²) in [6.45, 7) is 7.71. The van der Waals surface area contributed by atoms with Gasteiger partial charge in [0.05, 0.1) is 10.6 Å². The van der Waals surface area contributed by atoms with Gasteiger partial charge in [-0.2, -0.15) is 0 Å². The van der Waals surface area contributed by atoms with Gasteiger partial charge in [-0.25, -0.2) is 8.42 Å². The van der Waals surface area contributed by atoms with Crippen molar-refractivity contribution in [2.24, 2.45) is 0 Å². The van der Waals surface area contributed by atoms with Gasteiger partial charge < -0.3 is 5.32 Å². The average Bonchev–Trinajstić information content (AvgIpc) is 2.71. The fourth-order valence-corrected chi connectivity index (χ4v) is 4.48. The second-order valence-corrected chi connectivity index (χ2v) is 9.28. The van der Waals surface area contributed by atoms with Gasteiger partial charge in [-0.05, 0) is 66.8 Å². The molecule has 0 spiro atoms. The number of amides is 1. The lowest BCUT2D eigenvalue weighted by molar-refractivity contribution is 0.102. The van der Waals surface area contributed by atoms with Crippen LogP contribution in [0.4, 0.5) is 11.4 Å². The molecule has 0 atom stereocenters. The third kappa shape index (κ3) is 4.71. The minimum Gasteiger partial charge on any atom is -0.322 e. The van der Waals surface area contributed by atoms with Crippen LogP contribution in [0.2, 0.25) is 0 Å². The molecule has 156 valence electrons. The highest BCUT2D eigenvalue weighted by Gasteiger charge is 2.20. The number of para-hydroxylation sites is 1. The summed E-state index contributed by atoms with van der Waals surface area (Å²) in [5.41, 5.74) is 4.20. The van der Waals surface area contributed by atoms with Gasteiger partial charge in [-0.3, -0.25) is 9.52 Å². The minimum absolute atomic E-state index is 0.149. The molecule has 3 rings (SSSR count). The van der Waals surface area contributed by atoms with Crippen LogP contribution < -0.4 is 10.0 Å². The highest BCUT2D eigenvalue weighted by molar-refractivity contribution is 7.92. The maximum Gasteiger partial charge on any atom is 0.261 e. The summed E-state index contributed by atoms with van der Waals surface area (Å²) in [6.07, 6.45) is 0. The lowest BCUT2D eigenvalue weighted by Gasteiger charge is -2.18. The zero-order valence-corrected chi connectivity index (χ0v) is 18.4. The van der Waals surface area contributed by atoms with E-state index < -0.39 is 10.0 Å². The maximum atomic E-state index is 13.0. The Kier molecular flexibility index (Phi) is 6.27. The molecule has 0 fully saturated rings. The van der Waals surface area contributed by atoms with Crippen LogP contribution in [0.5, 0.6) is 0 Å². The SMILES string of the molecule is Cc1cc(S(=O)(=O)Nc2c(C)cccc2C(C)C)ccc1NC(=O)c1ccccc1. The molecule has 3 aromatic rings. The molecule has 0 saturated heterocycles. The van der Waals surface area contributed by atoms with Crippen molar-refractivity contribution in [3.8, 4) is 0 Å². The molecular weight excluding hydrogens is 396 g/mol. The molecule has 0 aliphatic carbocycles. The Bertz CT molecular complexity index is 1170. The maximum absolute atomic E-state index is 13.0. The van der Waals surface area contributed by atoms with E-state index in [2.05, 4.69) is 10.0 Å². The standard InChI is InChI=1S/C24H26N2O3S/c1-16(2)21-12-8-9-17(3)23(21)26-30(28,29)20-13-14-22(18(4)15-20)25-24(27)19-10-6-5-7-11-19/h5-16,26H,1-4H3,(H,25,27). The molecule has 0 radical (unpaired) electrons. The molecule has 0 saturated carbocycles. The smallest absolute Gasteiger partial charge is 0.261 e. The Labute approximate surface area is 178 Å². The summed E-state index contributed by atoms with van der Waals surface area (Å²) >= 11 is 0. The molecule has 6 heteroatoms. The van der Waals surface area contributed by atoms with Gasteiger partial charge in [-0.15, -0.1) is 0 Å². The zero-order chi connectivity index (χ0) is 21.9. The van der Waals surface area contributed by atoms with Crippen LogP contribution >= 0.6 is 0 Å². The number of nitrogens with one attached hydrogen (secondary N) is 2. The fourth-order valence-electron chi connectivity index (χ4n) is 3.23. The summed E-state index contributed by atoms with van der Waals surface area (Å²) in [7, 11) is -3.77. The molecule has 0 unspecified atom stereocenters. The van der Waals surface area contributed by atoms with Crippen molar-refractivity contribution in [1.29, 1.82) is 0 Å². The molecule has 30 heavy (non-hydrogen) atoms. The third-order valence-electron chi connectivity index (χ3n) is 4.96. The van der Waals surface area contributed by atoms with Gasteiger partial charge in [0.2, 0.25) is 0 Å². The summed E-state index contributed by atoms with van der Waals surface area (Å²) < 4.78 is 28.8. The third-order valence-corrected chi connectivity index (χ3v) is 6.30. The van der Waals surface area contributed by atoms with E-state index in [0.717, 1.165) is 11.1 Å². The first kappa shape index (κ1) is 21.6. The first-order valence-corrected chi connectivity index (χ1v) is 11.3. The number of hydrogen-bond acceptors (Lipinski definition) is 3. The molecule has 2 N–H and O–H groups in total. The van der Waals surface area contributed by atoms with Crippen molar-refractivity contribution < 1.29 is 13.2 Å². The van der Waals surface area contributed by atoms with E-state index in [1.807, 2.05) is 45.0 Å². The van der Waals surface area contributed by atoms with Gasteiger partial charge in [-0.1, -0.05) is 50.2 Å². The molecule has 0 aliphatic rings. The first-order chi connectivity index (χ1) is 14.2. The summed E-state index contributed by atoms with van der Waals surface area (Å²) in [6, 6.07) is 19.3. The number of anilines is 2. The van der Waals surface area contributed by atoms with Crippen molar-refractivity contribution in [2.45, 2.75) is 38.5 Å². The van der Waals surface area contributed by atoms with Crippen molar-refractivity contribution >= 4 is 27.3 Å². The molecular formula is C24H26N2O3S. The van der Waals surface area contributed by atoms with Crippen LogP contribution in [0.3, 0.4) is 0 Å². The molecule has 1 amide bonds. The lowest BCUT2D eigenvalue weighted by atomic mass is 9.99. The van der Waals surface area contributed by atoms with Gasteiger partial charge in [0.15, 0.2) is 0 Å². The highest BCUT2D eigenvalue weighted by atomic mass is 32.2. The molecule has 0 aliphatic heterocycles. The van der Waals surface area contributed by atoms with Gasteiger partial charge in [0.25, 0.3) is 15.9 Å². The number of carbonyl (C=O) groups excluding carboxylic acids is 1. The Balaban J connectivity index is 1.86. The topological polar surface area (TPSA) is 75.3 Å². The summed E-state index contributed by atoms with van der Waals surface area (Å²) in [4.78, 5) is 12.5. The van der Waals surface area contributed by atoms with Crippen LogP contribution in [0.1, 0.15) is 46.8 Å². The Morgan fingerprint density at radius 3 is 2.20 bits per heavy atom. The van der Waals surface area contributed by atoms with E-state index in [1.165, 1.54) is 6.07 Å². The Morgan fingerprint density at radius 1 is 0.867 bits per heavy atom. The molecule has 3 aromatic carbocycles. The van der Waals surface area contributed by atoms with Gasteiger partial charge >= 0.3 is 0 Å². The molecule has 0 bridgehead atoms. The number of sulfonamides is 1. The second-order valence-electron chi connectivity index (χ2n) is 7.60. The van der Waals surface area contributed by atoms with E-state index in [0.29, 0.717) is 22.5 Å². The highest BCUT2D eigenvalue weighted by Crippen LogP contribution is 2.30. The fraction of sp³-hybridized carbons (Fsp3) is 0.208. The monoisotopic (exact) mass is 422 g/mol. The van der Waals surface area contributed by atoms with Gasteiger partial charge in [0.1, 0.15) is 0 Å². The Morgan fingerprint density at radius 2 is 1.57 bits per heavy atom. The average molecular weight is 423 g/mol. The van der Waals surface area contributed by atoms with Crippen LogP contribution in [0.15, 0.2) is 71.6 Å². The van der Waals surface area contributed by atoms with E-state index in [9.17, 15) is 13.2 Å². The van der Waals surface area contributed by atoms with Crippen LogP contribution in [0.25, 0.3) is 0 Å². The predicted molar refractivity (Wildman–Crippen MR) is 122 cm³/mol. The zero-order valence-electron chi connectivity index (χ0n) is 17.6. The summed E-state index contributed by atoms with van der Waals surface area (Å²) in [5, 5.41) is 2.83. The van der Waals surface area contributed by atoms with Gasteiger partial charge in [0, 0.05) is 11.3 Å². The van der Waals surface area contributed by atoms with E-state index in [1.54, 1.807) is 43.3 Å². The normalized spacial score (nSPS) is 11.4. The van der Waals surface area contributed by atoms with Crippen LogP contribution in [-0.4, -0.2) is 14.3 Å². The lowest BCUT2D eigenvalue weighted by Crippen LogP contribution is -2.17. The van der Waals surface area contributed by atoms with E-state index in [4.69, 9.17) is 0 Å². The number of rotatable bonds is 6. The number of benzene rings is 3. The van der Waals surface area contributed by atoms with E-state index in [-0.39, 0.29) is 16.7 Å². The number of carbonyl (C=O) groups is 1. The Hall–Kier alpha value is -3.12. The van der Waals surface area contributed by atoms with E-state index >= 15 is 0 Å². The molecule has 0 heterocycles. The second kappa shape index (κ2) is 8.71.